The number of benzene rings is 2. The Morgan fingerprint density at radius 3 is 2.14 bits per heavy atom. The fraction of sp³-hybridized carbons (Fsp3) is 0.200. The van der Waals surface area contributed by atoms with Gasteiger partial charge in [-0.2, -0.15) is 0 Å². The number of rotatable bonds is 5. The molecule has 0 fully saturated rings. The molecule has 2 aromatic rings. The van der Waals surface area contributed by atoms with Gasteiger partial charge in [-0.15, -0.1) is 0 Å². The lowest BCUT2D eigenvalue weighted by atomic mass is 10.1. The first-order chi connectivity index (χ1) is 10.0. The molecule has 0 radical (unpaired) electrons. The number of methoxy groups -OCH3 is 1. The Balaban J connectivity index is 2.05. The molecule has 1 atom stereocenters. The molecule has 0 saturated carbocycles. The molecule has 0 aromatic heterocycles. The Morgan fingerprint density at radius 2 is 1.62 bits per heavy atom. The van der Waals surface area contributed by atoms with E-state index in [0.717, 1.165) is 24.7 Å². The van der Waals surface area contributed by atoms with Crippen LogP contribution >= 0.6 is 47.8 Å². The van der Waals surface area contributed by atoms with Gasteiger partial charge in [-0.25, -0.2) is 0 Å². The van der Waals surface area contributed by atoms with Crippen LogP contribution in [-0.2, 0) is 0 Å². The number of ether oxygens (including phenoxy) is 2. The molecule has 0 aliphatic rings. The van der Waals surface area contributed by atoms with Crippen LogP contribution in [0.3, 0.4) is 0 Å². The monoisotopic (exact) mass is 478 g/mol. The first kappa shape index (κ1) is 16.8. The van der Waals surface area contributed by atoms with Gasteiger partial charge in [0.05, 0.1) is 16.1 Å². The lowest BCUT2D eigenvalue weighted by molar-refractivity contribution is 0.107. The van der Waals surface area contributed by atoms with Crippen molar-refractivity contribution < 1.29 is 14.6 Å². The van der Waals surface area contributed by atoms with Crippen LogP contribution in [0.25, 0.3) is 0 Å². The molecule has 112 valence electrons. The highest BCUT2D eigenvalue weighted by atomic mass is 79.9. The standard InChI is InChI=1S/C15H13Br3O3/c1-20-11-4-2-9(3-5-11)14(19)8-21-15-12(17)6-10(16)7-13(15)18/h2-7,14,19H,8H2,1H3. The van der Waals surface area contributed by atoms with Gasteiger partial charge in [0.25, 0.3) is 0 Å². The van der Waals surface area contributed by atoms with Crippen molar-refractivity contribution in [2.24, 2.45) is 0 Å². The van der Waals surface area contributed by atoms with E-state index < -0.39 is 6.10 Å². The third-order valence-corrected chi connectivity index (χ3v) is 4.49. The summed E-state index contributed by atoms with van der Waals surface area (Å²) in [5, 5.41) is 10.2. The highest BCUT2D eigenvalue weighted by Gasteiger charge is 2.13. The maximum Gasteiger partial charge on any atom is 0.147 e. The lowest BCUT2D eigenvalue weighted by Crippen LogP contribution is -2.10. The van der Waals surface area contributed by atoms with E-state index in [-0.39, 0.29) is 6.61 Å². The minimum absolute atomic E-state index is 0.158. The Kier molecular flexibility index (Phi) is 6.10. The summed E-state index contributed by atoms with van der Waals surface area (Å²) >= 11 is 10.3. The zero-order chi connectivity index (χ0) is 15.4. The van der Waals surface area contributed by atoms with Crippen LogP contribution in [0.15, 0.2) is 49.8 Å². The van der Waals surface area contributed by atoms with E-state index in [9.17, 15) is 5.11 Å². The molecular formula is C15H13Br3O3. The molecule has 1 N–H and O–H groups in total. The second-order valence-electron chi connectivity index (χ2n) is 4.30. The van der Waals surface area contributed by atoms with Gasteiger partial charge in [0.15, 0.2) is 0 Å². The van der Waals surface area contributed by atoms with Crippen molar-refractivity contribution in [3.8, 4) is 11.5 Å². The van der Waals surface area contributed by atoms with Crippen molar-refractivity contribution in [3.05, 3.63) is 55.4 Å². The topological polar surface area (TPSA) is 38.7 Å². The van der Waals surface area contributed by atoms with Crippen LogP contribution < -0.4 is 9.47 Å². The Bertz CT molecular complexity index is 591. The summed E-state index contributed by atoms with van der Waals surface area (Å²) in [6.45, 7) is 0.158. The Labute approximate surface area is 148 Å². The van der Waals surface area contributed by atoms with E-state index in [1.54, 1.807) is 7.11 Å². The van der Waals surface area contributed by atoms with Crippen molar-refractivity contribution in [3.63, 3.8) is 0 Å². The first-order valence-electron chi connectivity index (χ1n) is 6.10. The van der Waals surface area contributed by atoms with E-state index in [1.165, 1.54) is 0 Å². The summed E-state index contributed by atoms with van der Waals surface area (Å²) in [4.78, 5) is 0. The second kappa shape index (κ2) is 7.63. The van der Waals surface area contributed by atoms with Crippen LogP contribution in [0, 0.1) is 0 Å². The largest absolute Gasteiger partial charge is 0.497 e. The predicted molar refractivity (Wildman–Crippen MR) is 93.0 cm³/mol. The number of aliphatic hydroxyl groups excluding tert-OH is 1. The van der Waals surface area contributed by atoms with E-state index >= 15 is 0 Å². The average molecular weight is 481 g/mol. The fourth-order valence-corrected chi connectivity index (χ4v) is 4.24. The van der Waals surface area contributed by atoms with Crippen molar-refractivity contribution >= 4 is 47.8 Å². The van der Waals surface area contributed by atoms with Crippen LogP contribution in [0.1, 0.15) is 11.7 Å². The third kappa shape index (κ3) is 4.45. The van der Waals surface area contributed by atoms with Crippen LogP contribution in [0.4, 0.5) is 0 Å². The molecule has 0 spiro atoms. The molecular weight excluding hydrogens is 468 g/mol. The summed E-state index contributed by atoms with van der Waals surface area (Å²) in [6.07, 6.45) is -0.710. The summed E-state index contributed by atoms with van der Waals surface area (Å²) in [6, 6.07) is 11.0. The second-order valence-corrected chi connectivity index (χ2v) is 6.92. The van der Waals surface area contributed by atoms with Gasteiger partial charge in [-0.1, -0.05) is 28.1 Å². The summed E-state index contributed by atoms with van der Waals surface area (Å²) in [7, 11) is 1.61. The minimum Gasteiger partial charge on any atom is -0.497 e. The van der Waals surface area contributed by atoms with E-state index in [1.807, 2.05) is 36.4 Å². The smallest absolute Gasteiger partial charge is 0.147 e. The zero-order valence-electron chi connectivity index (χ0n) is 11.1. The molecule has 0 heterocycles. The third-order valence-electron chi connectivity index (χ3n) is 2.85. The average Bonchev–Trinajstić information content (AvgIpc) is 2.46. The number of aliphatic hydroxyl groups is 1. The highest BCUT2D eigenvalue weighted by Crippen LogP contribution is 2.36. The van der Waals surface area contributed by atoms with Gasteiger partial charge < -0.3 is 14.6 Å². The van der Waals surface area contributed by atoms with Crippen molar-refractivity contribution in [2.45, 2.75) is 6.10 Å². The molecule has 6 heteroatoms. The van der Waals surface area contributed by atoms with Crippen molar-refractivity contribution in [2.75, 3.05) is 13.7 Å². The van der Waals surface area contributed by atoms with Gasteiger partial charge in [0, 0.05) is 4.47 Å². The van der Waals surface area contributed by atoms with Gasteiger partial charge >= 0.3 is 0 Å². The SMILES string of the molecule is COc1ccc(C(O)COc2c(Br)cc(Br)cc2Br)cc1. The molecule has 3 nitrogen and oxygen atoms in total. The molecule has 0 amide bonds. The first-order valence-corrected chi connectivity index (χ1v) is 8.48. The normalized spacial score (nSPS) is 12.0. The van der Waals surface area contributed by atoms with E-state index in [4.69, 9.17) is 9.47 Å². The predicted octanol–water partition coefficient (Wildman–Crippen LogP) is 5.10. The van der Waals surface area contributed by atoms with Crippen LogP contribution in [0.5, 0.6) is 11.5 Å². The molecule has 1 unspecified atom stereocenters. The quantitative estimate of drug-likeness (QED) is 0.647. The molecule has 0 bridgehead atoms. The Hall–Kier alpha value is -0.560. The molecule has 2 aromatic carbocycles. The number of halogens is 3. The van der Waals surface area contributed by atoms with Gasteiger partial charge in [0.1, 0.15) is 24.2 Å². The summed E-state index contributed by atoms with van der Waals surface area (Å²) in [5.41, 5.74) is 0.778. The molecule has 21 heavy (non-hydrogen) atoms. The maximum atomic E-state index is 10.2. The number of hydrogen-bond acceptors (Lipinski definition) is 3. The van der Waals surface area contributed by atoms with E-state index in [2.05, 4.69) is 47.8 Å². The summed E-state index contributed by atoms with van der Waals surface area (Å²) in [5.74, 6) is 1.41. The van der Waals surface area contributed by atoms with Crippen LogP contribution in [-0.4, -0.2) is 18.8 Å². The van der Waals surface area contributed by atoms with Crippen LogP contribution in [0.2, 0.25) is 0 Å². The lowest BCUT2D eigenvalue weighted by Gasteiger charge is -2.15. The van der Waals surface area contributed by atoms with Gasteiger partial charge in [-0.3, -0.25) is 0 Å². The minimum atomic E-state index is -0.710. The molecule has 2 rings (SSSR count). The van der Waals surface area contributed by atoms with E-state index in [0.29, 0.717) is 5.75 Å². The molecule has 0 aliphatic carbocycles. The fourth-order valence-electron chi connectivity index (χ4n) is 1.75. The molecule has 0 saturated heterocycles. The number of hydrogen-bond donors (Lipinski definition) is 1. The van der Waals surface area contributed by atoms with Gasteiger partial charge in [0.2, 0.25) is 0 Å². The van der Waals surface area contributed by atoms with Crippen molar-refractivity contribution in [1.82, 2.24) is 0 Å². The highest BCUT2D eigenvalue weighted by molar-refractivity contribution is 9.11. The Morgan fingerprint density at radius 1 is 1.05 bits per heavy atom. The van der Waals surface area contributed by atoms with Crippen molar-refractivity contribution in [1.29, 1.82) is 0 Å². The molecule has 0 aliphatic heterocycles. The zero-order valence-corrected chi connectivity index (χ0v) is 15.9. The van der Waals surface area contributed by atoms with Gasteiger partial charge in [-0.05, 0) is 61.7 Å². The maximum absolute atomic E-state index is 10.2. The summed E-state index contributed by atoms with van der Waals surface area (Å²) < 4.78 is 13.3.